The van der Waals surface area contributed by atoms with Crippen molar-refractivity contribution < 1.29 is 14.7 Å². The summed E-state index contributed by atoms with van der Waals surface area (Å²) in [5, 5.41) is 14.6. The van der Waals surface area contributed by atoms with Crippen LogP contribution in [0.2, 0.25) is 0 Å². The van der Waals surface area contributed by atoms with E-state index >= 15 is 0 Å². The number of nitrogens with zero attached hydrogens (tertiary/aromatic N) is 1. The minimum atomic E-state index is -0.0389. The predicted molar refractivity (Wildman–Crippen MR) is 93.6 cm³/mol. The summed E-state index contributed by atoms with van der Waals surface area (Å²) < 4.78 is 0. The van der Waals surface area contributed by atoms with Crippen molar-refractivity contribution >= 4 is 24.1 Å². The van der Waals surface area contributed by atoms with Crippen LogP contribution in [0.4, 0.5) is 0 Å². The summed E-state index contributed by atoms with van der Waals surface area (Å²) in [6, 6.07) is 0. The fraction of sp³-hybridized carbons (Fsp3) is 0.765. The lowest BCUT2D eigenvalue weighted by molar-refractivity contribution is -0.116. The van der Waals surface area contributed by atoms with Crippen molar-refractivity contribution in [2.45, 2.75) is 65.0 Å². The van der Waals surface area contributed by atoms with Gasteiger partial charge in [-0.05, 0) is 25.2 Å². The van der Waals surface area contributed by atoms with E-state index in [9.17, 15) is 9.90 Å². The lowest BCUT2D eigenvalue weighted by atomic mass is 9.79. The van der Waals surface area contributed by atoms with Gasteiger partial charge in [-0.25, -0.2) is 0 Å². The molecule has 0 aliphatic heterocycles. The van der Waals surface area contributed by atoms with E-state index < -0.39 is 0 Å². The lowest BCUT2D eigenvalue weighted by Gasteiger charge is -2.31. The first kappa shape index (κ1) is 19.1. The third-order valence-corrected chi connectivity index (χ3v) is 5.19. The monoisotopic (exact) mass is 327 g/mol. The van der Waals surface area contributed by atoms with Crippen LogP contribution in [0.3, 0.4) is 0 Å². The highest BCUT2D eigenvalue weighted by molar-refractivity contribution is 7.81. The van der Waals surface area contributed by atoms with E-state index in [1.807, 2.05) is 13.8 Å². The third kappa shape index (κ3) is 4.77. The average Bonchev–Trinajstić information content (AvgIpc) is 2.50. The molecule has 0 saturated heterocycles. The molecule has 3 unspecified atom stereocenters. The Morgan fingerprint density at radius 3 is 2.59 bits per heavy atom. The van der Waals surface area contributed by atoms with Crippen molar-refractivity contribution in [3.8, 4) is 0 Å². The highest BCUT2D eigenvalue weighted by atomic mass is 32.1. The fourth-order valence-corrected chi connectivity index (χ4v) is 3.22. The molecule has 1 rings (SSSR count). The van der Waals surface area contributed by atoms with Crippen LogP contribution in [0.5, 0.6) is 0 Å². The Morgan fingerprint density at radius 1 is 1.41 bits per heavy atom. The molecule has 1 aliphatic carbocycles. The Kier molecular flexibility index (Phi) is 8.01. The number of allylic oxidation sites excluding steroid dienone is 2. The molecule has 0 aromatic rings. The number of aliphatic hydroxyl groups excluding tert-OH is 1. The van der Waals surface area contributed by atoms with Gasteiger partial charge in [0.05, 0.1) is 11.3 Å². The number of Topliss-reactive ketones (excluding diaryl/α,β-unsaturated/α-hetero) is 1. The normalized spacial score (nSPS) is 22.7. The Balaban J connectivity index is 2.99. The Bertz CT molecular complexity index is 445. The van der Waals surface area contributed by atoms with E-state index in [1.54, 1.807) is 0 Å². The lowest BCUT2D eigenvalue weighted by Crippen LogP contribution is -2.31. The van der Waals surface area contributed by atoms with E-state index in [1.165, 1.54) is 0 Å². The molecule has 126 valence electrons. The predicted octanol–water partition coefficient (Wildman–Crippen LogP) is 4.31. The number of hydrogen-bond acceptors (Lipinski definition) is 5. The van der Waals surface area contributed by atoms with Crippen molar-refractivity contribution in [2.24, 2.45) is 17.0 Å². The molecule has 1 aliphatic rings. The van der Waals surface area contributed by atoms with Crippen LogP contribution in [0, 0.1) is 11.8 Å². The number of thiol groups is 1. The maximum atomic E-state index is 12.5. The first-order valence-corrected chi connectivity index (χ1v) is 8.80. The second-order valence-electron chi connectivity index (χ2n) is 6.00. The first-order valence-electron chi connectivity index (χ1n) is 8.28. The fourth-order valence-electron chi connectivity index (χ4n) is 2.79. The van der Waals surface area contributed by atoms with Gasteiger partial charge in [0.2, 0.25) is 0 Å². The molecular formula is C17H29NO3S. The molecule has 3 atom stereocenters. The van der Waals surface area contributed by atoms with Crippen molar-refractivity contribution in [3.05, 3.63) is 11.3 Å². The Morgan fingerprint density at radius 2 is 2.09 bits per heavy atom. The highest BCUT2D eigenvalue weighted by Gasteiger charge is 2.34. The summed E-state index contributed by atoms with van der Waals surface area (Å²) in [7, 11) is 0. The van der Waals surface area contributed by atoms with Gasteiger partial charge in [0.15, 0.2) is 5.78 Å². The minimum absolute atomic E-state index is 0.0389. The minimum Gasteiger partial charge on any atom is -0.511 e. The van der Waals surface area contributed by atoms with Gasteiger partial charge in [0, 0.05) is 18.1 Å². The number of hydrogen-bond donors (Lipinski definition) is 2. The molecule has 4 nitrogen and oxygen atoms in total. The molecule has 0 radical (unpaired) electrons. The van der Waals surface area contributed by atoms with Crippen LogP contribution in [-0.2, 0) is 9.63 Å². The van der Waals surface area contributed by atoms with E-state index in [2.05, 4.69) is 31.6 Å². The van der Waals surface area contributed by atoms with Crippen LogP contribution in [0.25, 0.3) is 0 Å². The number of ketones is 1. The second-order valence-corrected chi connectivity index (χ2v) is 6.59. The van der Waals surface area contributed by atoms with E-state index in [0.717, 1.165) is 12.8 Å². The summed E-state index contributed by atoms with van der Waals surface area (Å²) in [6.07, 6.45) is 3.41. The van der Waals surface area contributed by atoms with Crippen LogP contribution in [-0.4, -0.2) is 28.5 Å². The molecule has 5 heteroatoms. The van der Waals surface area contributed by atoms with Gasteiger partial charge in [-0.2, -0.15) is 12.6 Å². The van der Waals surface area contributed by atoms with Gasteiger partial charge in [-0.1, -0.05) is 38.8 Å². The number of aliphatic hydroxyl groups is 1. The molecular weight excluding hydrogens is 298 g/mol. The zero-order valence-electron chi connectivity index (χ0n) is 14.1. The highest BCUT2D eigenvalue weighted by Crippen LogP contribution is 2.35. The number of carbonyl (C=O) groups excluding carboxylic acids is 1. The van der Waals surface area contributed by atoms with Crippen molar-refractivity contribution in [3.63, 3.8) is 0 Å². The zero-order chi connectivity index (χ0) is 16.7. The molecule has 0 aromatic carbocycles. The van der Waals surface area contributed by atoms with Crippen LogP contribution in [0.1, 0.15) is 59.8 Å². The largest absolute Gasteiger partial charge is 0.511 e. The van der Waals surface area contributed by atoms with Crippen molar-refractivity contribution in [2.75, 3.05) is 6.61 Å². The van der Waals surface area contributed by atoms with E-state index in [4.69, 9.17) is 4.84 Å². The second kappa shape index (κ2) is 9.23. The van der Waals surface area contributed by atoms with E-state index in [0.29, 0.717) is 43.1 Å². The summed E-state index contributed by atoms with van der Waals surface area (Å²) in [4.78, 5) is 17.6. The van der Waals surface area contributed by atoms with Crippen molar-refractivity contribution in [1.82, 2.24) is 0 Å². The van der Waals surface area contributed by atoms with Gasteiger partial charge >= 0.3 is 0 Å². The Labute approximate surface area is 139 Å². The Hall–Kier alpha value is -0.970. The number of rotatable bonds is 8. The van der Waals surface area contributed by atoms with Crippen LogP contribution >= 0.6 is 12.6 Å². The quantitative estimate of drug-likeness (QED) is 0.397. The molecule has 1 N–H and O–H groups in total. The summed E-state index contributed by atoms with van der Waals surface area (Å²) in [5.74, 6) is 0.616. The molecule has 22 heavy (non-hydrogen) atoms. The summed E-state index contributed by atoms with van der Waals surface area (Å²) >= 11 is 4.67. The maximum Gasteiger partial charge on any atom is 0.168 e. The molecule has 0 saturated carbocycles. The summed E-state index contributed by atoms with van der Waals surface area (Å²) in [6.45, 7) is 8.57. The molecule has 0 heterocycles. The molecule has 0 spiro atoms. The maximum absolute atomic E-state index is 12.5. The summed E-state index contributed by atoms with van der Waals surface area (Å²) in [5.41, 5.74) is 0.945. The standard InChI is InChI=1S/C17H29NO3S/c1-5-8-13(18-21-7-3)16-14(19)9-12(10-15(16)20)17(22)11(4)6-2/h11-12,17,19,22H,5-10H2,1-4H3/b18-13-. The third-order valence-electron chi connectivity index (χ3n) is 4.26. The number of oxime groups is 1. The van der Waals surface area contributed by atoms with Crippen LogP contribution < -0.4 is 0 Å². The van der Waals surface area contributed by atoms with Gasteiger partial charge in [-0.15, -0.1) is 0 Å². The topological polar surface area (TPSA) is 58.9 Å². The smallest absolute Gasteiger partial charge is 0.168 e. The molecule has 0 fully saturated rings. The van der Waals surface area contributed by atoms with Gasteiger partial charge in [0.1, 0.15) is 12.4 Å². The SMILES string of the molecule is CCC/C(=N/OCC)C1=C(O)CC(C(S)C(C)CC)CC1=O. The molecule has 0 amide bonds. The van der Waals surface area contributed by atoms with Gasteiger partial charge in [0.25, 0.3) is 0 Å². The van der Waals surface area contributed by atoms with Crippen molar-refractivity contribution in [1.29, 1.82) is 0 Å². The van der Waals surface area contributed by atoms with Crippen LogP contribution in [0.15, 0.2) is 16.5 Å². The molecule has 0 bridgehead atoms. The molecule has 0 aromatic heterocycles. The van der Waals surface area contributed by atoms with Gasteiger partial charge in [-0.3, -0.25) is 4.79 Å². The average molecular weight is 327 g/mol. The first-order chi connectivity index (χ1) is 10.5. The van der Waals surface area contributed by atoms with Gasteiger partial charge < -0.3 is 9.94 Å². The zero-order valence-corrected chi connectivity index (χ0v) is 15.0. The number of carbonyl (C=O) groups is 1. The van der Waals surface area contributed by atoms with E-state index in [-0.39, 0.29) is 22.7 Å².